The number of hydrogen-bond donors (Lipinski definition) is 1. The van der Waals surface area contributed by atoms with E-state index in [4.69, 9.17) is 10.5 Å². The molecule has 0 spiro atoms. The number of nitrogen functional groups attached to an aromatic ring is 1. The quantitative estimate of drug-likeness (QED) is 0.697. The minimum Gasteiger partial charge on any atom is -0.456 e. The number of ether oxygens (including phenoxy) is 1. The summed E-state index contributed by atoms with van der Waals surface area (Å²) in [6, 6.07) is 8.91. The van der Waals surface area contributed by atoms with E-state index in [1.165, 1.54) is 0 Å². The number of carbonyl (C=O) groups is 1. The smallest absolute Gasteiger partial charge is 0.338 e. The molecule has 0 aliphatic heterocycles. The fourth-order valence-corrected chi connectivity index (χ4v) is 2.09. The summed E-state index contributed by atoms with van der Waals surface area (Å²) in [7, 11) is 0. The largest absolute Gasteiger partial charge is 0.456 e. The molecule has 0 radical (unpaired) electrons. The summed E-state index contributed by atoms with van der Waals surface area (Å²) in [4.78, 5) is 16.1. The Labute approximate surface area is 119 Å². The SMILES string of the molecule is Cc1c(N)cc(Br)cc1C(=O)OCc1ccccn1. The van der Waals surface area contributed by atoms with Gasteiger partial charge in [-0.25, -0.2) is 4.79 Å². The van der Waals surface area contributed by atoms with E-state index in [9.17, 15) is 4.79 Å². The van der Waals surface area contributed by atoms with Gasteiger partial charge >= 0.3 is 5.97 Å². The Bertz CT molecular complexity index is 600. The van der Waals surface area contributed by atoms with Gasteiger partial charge in [0.2, 0.25) is 0 Å². The molecular formula is C14H13BrN2O2. The number of nitrogens with zero attached hydrogens (tertiary/aromatic N) is 1. The Hall–Kier alpha value is -1.88. The van der Waals surface area contributed by atoms with E-state index >= 15 is 0 Å². The highest BCUT2D eigenvalue weighted by Gasteiger charge is 2.13. The summed E-state index contributed by atoms with van der Waals surface area (Å²) in [6.07, 6.45) is 1.66. The van der Waals surface area contributed by atoms with Gasteiger partial charge in [-0.05, 0) is 36.8 Å². The van der Waals surface area contributed by atoms with Gasteiger partial charge in [-0.2, -0.15) is 0 Å². The highest BCUT2D eigenvalue weighted by Crippen LogP contribution is 2.23. The number of pyridine rings is 1. The first-order chi connectivity index (χ1) is 9.08. The minimum atomic E-state index is -0.406. The third-order valence-electron chi connectivity index (χ3n) is 2.71. The van der Waals surface area contributed by atoms with E-state index in [2.05, 4.69) is 20.9 Å². The Morgan fingerprint density at radius 1 is 1.42 bits per heavy atom. The summed E-state index contributed by atoms with van der Waals surface area (Å²) < 4.78 is 5.98. The zero-order valence-corrected chi connectivity index (χ0v) is 12.0. The fourth-order valence-electron chi connectivity index (χ4n) is 1.61. The Kier molecular flexibility index (Phi) is 4.16. The topological polar surface area (TPSA) is 65.2 Å². The van der Waals surface area contributed by atoms with Gasteiger partial charge in [0.15, 0.2) is 0 Å². The first kappa shape index (κ1) is 13.5. The van der Waals surface area contributed by atoms with E-state index < -0.39 is 5.97 Å². The predicted molar refractivity (Wildman–Crippen MR) is 76.6 cm³/mol. The zero-order valence-electron chi connectivity index (χ0n) is 10.4. The normalized spacial score (nSPS) is 10.2. The van der Waals surface area contributed by atoms with Gasteiger partial charge in [0.05, 0.1) is 11.3 Å². The second-order valence-corrected chi connectivity index (χ2v) is 4.98. The molecule has 19 heavy (non-hydrogen) atoms. The maximum atomic E-state index is 12.0. The third kappa shape index (κ3) is 3.32. The lowest BCUT2D eigenvalue weighted by Crippen LogP contribution is -2.09. The molecule has 0 amide bonds. The van der Waals surface area contributed by atoms with Gasteiger partial charge < -0.3 is 10.5 Å². The number of rotatable bonds is 3. The lowest BCUT2D eigenvalue weighted by molar-refractivity contribution is 0.0467. The van der Waals surface area contributed by atoms with Gasteiger partial charge in [-0.3, -0.25) is 4.98 Å². The highest BCUT2D eigenvalue weighted by molar-refractivity contribution is 9.10. The van der Waals surface area contributed by atoms with Gasteiger partial charge in [0, 0.05) is 16.4 Å². The van der Waals surface area contributed by atoms with Crippen LogP contribution in [0.2, 0.25) is 0 Å². The number of benzene rings is 1. The molecule has 98 valence electrons. The Morgan fingerprint density at radius 2 is 2.21 bits per heavy atom. The number of carbonyl (C=O) groups excluding carboxylic acids is 1. The molecule has 0 unspecified atom stereocenters. The van der Waals surface area contributed by atoms with Crippen LogP contribution >= 0.6 is 15.9 Å². The van der Waals surface area contributed by atoms with Crippen LogP contribution in [0.25, 0.3) is 0 Å². The van der Waals surface area contributed by atoms with Crippen LogP contribution in [0.15, 0.2) is 41.0 Å². The van der Waals surface area contributed by atoms with Crippen molar-refractivity contribution < 1.29 is 9.53 Å². The van der Waals surface area contributed by atoms with Crippen LogP contribution in [-0.2, 0) is 11.3 Å². The summed E-state index contributed by atoms with van der Waals surface area (Å²) in [5.74, 6) is -0.406. The number of hydrogen-bond acceptors (Lipinski definition) is 4. The molecule has 4 nitrogen and oxygen atoms in total. The first-order valence-corrected chi connectivity index (χ1v) is 6.50. The Balaban J connectivity index is 2.13. The predicted octanol–water partition coefficient (Wildman–Crippen LogP) is 3.09. The summed E-state index contributed by atoms with van der Waals surface area (Å²) in [6.45, 7) is 1.94. The fraction of sp³-hybridized carbons (Fsp3) is 0.143. The second kappa shape index (κ2) is 5.84. The third-order valence-corrected chi connectivity index (χ3v) is 3.17. The van der Waals surface area contributed by atoms with Gasteiger partial charge in [-0.1, -0.05) is 22.0 Å². The number of nitrogens with two attached hydrogens (primary N) is 1. The van der Waals surface area contributed by atoms with Crippen LogP contribution in [0.1, 0.15) is 21.6 Å². The molecular weight excluding hydrogens is 308 g/mol. The lowest BCUT2D eigenvalue weighted by atomic mass is 10.1. The van der Waals surface area contributed by atoms with E-state index in [1.807, 2.05) is 12.1 Å². The van der Waals surface area contributed by atoms with Crippen molar-refractivity contribution in [1.82, 2.24) is 4.98 Å². The molecule has 2 rings (SSSR count). The van der Waals surface area contributed by atoms with Crippen LogP contribution < -0.4 is 5.73 Å². The van der Waals surface area contributed by atoms with Crippen molar-refractivity contribution in [3.63, 3.8) is 0 Å². The van der Waals surface area contributed by atoms with Gasteiger partial charge in [0.1, 0.15) is 6.61 Å². The van der Waals surface area contributed by atoms with Crippen molar-refractivity contribution >= 4 is 27.6 Å². The van der Waals surface area contributed by atoms with Crippen molar-refractivity contribution in [3.05, 3.63) is 57.8 Å². The van der Waals surface area contributed by atoms with Crippen LogP contribution in [0.3, 0.4) is 0 Å². The van der Waals surface area contributed by atoms with Crippen molar-refractivity contribution in [3.8, 4) is 0 Å². The molecule has 0 aliphatic carbocycles. The number of halogens is 1. The molecule has 0 atom stereocenters. The highest BCUT2D eigenvalue weighted by atomic mass is 79.9. The number of aromatic nitrogens is 1. The molecule has 0 saturated carbocycles. The Morgan fingerprint density at radius 3 is 2.89 bits per heavy atom. The average molecular weight is 321 g/mol. The van der Waals surface area contributed by atoms with E-state index in [0.29, 0.717) is 22.5 Å². The van der Waals surface area contributed by atoms with Crippen molar-refractivity contribution in [2.24, 2.45) is 0 Å². The minimum absolute atomic E-state index is 0.144. The molecule has 1 aromatic heterocycles. The summed E-state index contributed by atoms with van der Waals surface area (Å²) >= 11 is 3.31. The molecule has 0 aliphatic rings. The second-order valence-electron chi connectivity index (χ2n) is 4.06. The van der Waals surface area contributed by atoms with Gasteiger partial charge in [0.25, 0.3) is 0 Å². The summed E-state index contributed by atoms with van der Waals surface area (Å²) in [5.41, 5.74) is 8.25. The van der Waals surface area contributed by atoms with E-state index in [0.717, 1.165) is 4.47 Å². The van der Waals surface area contributed by atoms with E-state index in [-0.39, 0.29) is 6.61 Å². The van der Waals surface area contributed by atoms with Crippen LogP contribution in [0.4, 0.5) is 5.69 Å². The lowest BCUT2D eigenvalue weighted by Gasteiger charge is -2.09. The standard InChI is InChI=1S/C14H13BrN2O2/c1-9-12(6-10(15)7-13(9)16)14(18)19-8-11-4-2-3-5-17-11/h2-7H,8,16H2,1H3. The van der Waals surface area contributed by atoms with Crippen molar-refractivity contribution in [2.75, 3.05) is 5.73 Å². The molecule has 1 heterocycles. The summed E-state index contributed by atoms with van der Waals surface area (Å²) in [5, 5.41) is 0. The molecule has 0 bridgehead atoms. The molecule has 5 heteroatoms. The van der Waals surface area contributed by atoms with Crippen LogP contribution in [-0.4, -0.2) is 11.0 Å². The molecule has 0 saturated heterocycles. The van der Waals surface area contributed by atoms with Crippen molar-refractivity contribution in [1.29, 1.82) is 0 Å². The number of esters is 1. The van der Waals surface area contributed by atoms with Crippen molar-refractivity contribution in [2.45, 2.75) is 13.5 Å². The van der Waals surface area contributed by atoms with Gasteiger partial charge in [-0.15, -0.1) is 0 Å². The average Bonchev–Trinajstić information content (AvgIpc) is 2.41. The molecule has 0 fully saturated rings. The maximum absolute atomic E-state index is 12.0. The maximum Gasteiger partial charge on any atom is 0.338 e. The number of anilines is 1. The molecule has 1 aromatic carbocycles. The zero-order chi connectivity index (χ0) is 13.8. The molecule has 2 N–H and O–H groups in total. The van der Waals surface area contributed by atoms with Crippen LogP contribution in [0.5, 0.6) is 0 Å². The monoisotopic (exact) mass is 320 g/mol. The van der Waals surface area contributed by atoms with E-state index in [1.54, 1.807) is 31.3 Å². The molecule has 2 aromatic rings. The van der Waals surface area contributed by atoms with Crippen LogP contribution in [0, 0.1) is 6.92 Å². The first-order valence-electron chi connectivity index (χ1n) is 5.70.